The average Bonchev–Trinajstić information content (AvgIpc) is 2.77. The van der Waals surface area contributed by atoms with Gasteiger partial charge in [0.1, 0.15) is 0 Å². The number of anilines is 1. The molecular weight excluding hydrogens is 467 g/mol. The second kappa shape index (κ2) is 9.89. The SMILES string of the molecule is CC(=O)Nc1cccc(S(C)(=O)=NC(=O)c2cncc(C#Cc3ccc(C(F)(F)F)cc3)c2)c1. The van der Waals surface area contributed by atoms with Crippen molar-refractivity contribution in [2.24, 2.45) is 4.36 Å². The number of benzene rings is 2. The molecule has 0 aliphatic heterocycles. The third-order valence-electron chi connectivity index (χ3n) is 4.40. The first-order valence-electron chi connectivity index (χ1n) is 9.72. The first kappa shape index (κ1) is 24.7. The highest BCUT2D eigenvalue weighted by molar-refractivity contribution is 7.93. The van der Waals surface area contributed by atoms with Gasteiger partial charge in [-0.3, -0.25) is 14.6 Å². The molecule has 1 unspecified atom stereocenters. The van der Waals surface area contributed by atoms with Crippen LogP contribution in [0.1, 0.15) is 34.0 Å². The van der Waals surface area contributed by atoms with Gasteiger partial charge in [-0.15, -0.1) is 0 Å². The van der Waals surface area contributed by atoms with Crippen molar-refractivity contribution in [1.29, 1.82) is 0 Å². The van der Waals surface area contributed by atoms with E-state index in [-0.39, 0.29) is 16.4 Å². The van der Waals surface area contributed by atoms with E-state index in [1.165, 1.54) is 55.9 Å². The fourth-order valence-electron chi connectivity index (χ4n) is 2.79. The molecule has 0 saturated carbocycles. The molecule has 1 aromatic heterocycles. The van der Waals surface area contributed by atoms with Crippen LogP contribution in [0.15, 0.2) is 76.2 Å². The highest BCUT2D eigenvalue weighted by Crippen LogP contribution is 2.29. The van der Waals surface area contributed by atoms with Crippen LogP contribution < -0.4 is 5.32 Å². The zero-order valence-corrected chi connectivity index (χ0v) is 18.8. The van der Waals surface area contributed by atoms with Gasteiger partial charge < -0.3 is 5.32 Å². The van der Waals surface area contributed by atoms with Crippen LogP contribution in [0.2, 0.25) is 0 Å². The molecule has 0 bridgehead atoms. The van der Waals surface area contributed by atoms with Gasteiger partial charge in [0, 0.05) is 47.3 Å². The van der Waals surface area contributed by atoms with Crippen LogP contribution in [-0.4, -0.2) is 27.3 Å². The Labute approximate surface area is 194 Å². The Balaban J connectivity index is 1.84. The molecule has 0 aliphatic carbocycles. The molecule has 2 amide bonds. The smallest absolute Gasteiger partial charge is 0.326 e. The summed E-state index contributed by atoms with van der Waals surface area (Å²) in [6.45, 7) is 1.34. The van der Waals surface area contributed by atoms with E-state index in [1.807, 2.05) is 0 Å². The van der Waals surface area contributed by atoms with Gasteiger partial charge in [-0.25, -0.2) is 4.21 Å². The molecule has 1 N–H and O–H groups in total. The van der Waals surface area contributed by atoms with E-state index in [9.17, 15) is 27.0 Å². The summed E-state index contributed by atoms with van der Waals surface area (Å²) in [4.78, 5) is 28.1. The van der Waals surface area contributed by atoms with Crippen molar-refractivity contribution in [1.82, 2.24) is 4.98 Å². The predicted octanol–water partition coefficient (Wildman–Crippen LogP) is 4.76. The number of carbonyl (C=O) groups is 2. The second-order valence-electron chi connectivity index (χ2n) is 7.20. The summed E-state index contributed by atoms with van der Waals surface area (Å²) in [6.07, 6.45) is -0.497. The molecule has 3 rings (SSSR count). The molecule has 1 heterocycles. The van der Waals surface area contributed by atoms with Crippen molar-refractivity contribution in [2.45, 2.75) is 18.0 Å². The largest absolute Gasteiger partial charge is 0.416 e. The maximum absolute atomic E-state index is 13.1. The third-order valence-corrected chi connectivity index (χ3v) is 6.04. The molecule has 0 radical (unpaired) electrons. The van der Waals surface area contributed by atoms with Gasteiger partial charge in [0.25, 0.3) is 5.91 Å². The quantitative estimate of drug-likeness (QED) is 0.542. The summed E-state index contributed by atoms with van der Waals surface area (Å²) in [5.74, 6) is 4.37. The van der Waals surface area contributed by atoms with E-state index < -0.39 is 27.4 Å². The highest BCUT2D eigenvalue weighted by Gasteiger charge is 2.29. The van der Waals surface area contributed by atoms with Crippen molar-refractivity contribution in [2.75, 3.05) is 11.6 Å². The Morgan fingerprint density at radius 3 is 2.32 bits per heavy atom. The van der Waals surface area contributed by atoms with Crippen LogP contribution >= 0.6 is 0 Å². The number of pyridine rings is 1. The van der Waals surface area contributed by atoms with Crippen molar-refractivity contribution in [3.63, 3.8) is 0 Å². The van der Waals surface area contributed by atoms with Crippen LogP contribution in [0, 0.1) is 11.8 Å². The summed E-state index contributed by atoms with van der Waals surface area (Å²) in [5.41, 5.74) is 0.372. The lowest BCUT2D eigenvalue weighted by atomic mass is 10.1. The number of hydrogen-bond donors (Lipinski definition) is 1. The lowest BCUT2D eigenvalue weighted by molar-refractivity contribution is -0.137. The standard InChI is InChI=1S/C24H18F3N3O3S/c1-16(31)29-21-4-3-5-22(13-21)34(2,33)30-23(32)19-12-18(14-28-15-19)7-6-17-8-10-20(11-9-17)24(25,26)27/h3-5,8-15H,1-2H3,(H,29,31). The number of alkyl halides is 3. The van der Waals surface area contributed by atoms with Gasteiger partial charge in [-0.2, -0.15) is 17.5 Å². The van der Waals surface area contributed by atoms with Gasteiger partial charge in [-0.1, -0.05) is 17.9 Å². The molecule has 1 atom stereocenters. The minimum absolute atomic E-state index is 0.0480. The Bertz CT molecular complexity index is 1430. The fourth-order valence-corrected chi connectivity index (χ4v) is 3.99. The van der Waals surface area contributed by atoms with Crippen LogP contribution in [0.3, 0.4) is 0 Å². The van der Waals surface area contributed by atoms with E-state index in [0.29, 0.717) is 16.8 Å². The normalized spacial score (nSPS) is 12.6. The molecule has 0 saturated heterocycles. The molecule has 3 aromatic rings. The fraction of sp³-hybridized carbons (Fsp3) is 0.125. The highest BCUT2D eigenvalue weighted by atomic mass is 32.2. The van der Waals surface area contributed by atoms with Gasteiger partial charge in [-0.05, 0) is 48.5 Å². The van der Waals surface area contributed by atoms with E-state index in [1.54, 1.807) is 12.1 Å². The van der Waals surface area contributed by atoms with Crippen LogP contribution in [0.4, 0.5) is 18.9 Å². The maximum Gasteiger partial charge on any atom is 0.416 e. The summed E-state index contributed by atoms with van der Waals surface area (Å²) in [7, 11) is -3.13. The lowest BCUT2D eigenvalue weighted by Crippen LogP contribution is -2.08. The van der Waals surface area contributed by atoms with E-state index in [2.05, 4.69) is 26.5 Å². The molecule has 0 aliphatic rings. The molecule has 0 fully saturated rings. The van der Waals surface area contributed by atoms with E-state index >= 15 is 0 Å². The van der Waals surface area contributed by atoms with Crippen LogP contribution in [-0.2, 0) is 20.7 Å². The van der Waals surface area contributed by atoms with Crippen molar-refractivity contribution >= 4 is 27.2 Å². The number of carbonyl (C=O) groups excluding carboxylic acids is 2. The number of nitrogens with one attached hydrogen (secondary N) is 1. The Morgan fingerprint density at radius 2 is 1.68 bits per heavy atom. The summed E-state index contributed by atoms with van der Waals surface area (Å²) < 4.78 is 54.9. The number of aromatic nitrogens is 1. The van der Waals surface area contributed by atoms with E-state index in [4.69, 9.17) is 0 Å². The number of hydrogen-bond acceptors (Lipinski definition) is 4. The summed E-state index contributed by atoms with van der Waals surface area (Å²) in [6, 6.07) is 12.0. The number of rotatable bonds is 3. The first-order valence-corrected chi connectivity index (χ1v) is 11.6. The maximum atomic E-state index is 13.1. The number of nitrogens with zero attached hydrogens (tertiary/aromatic N) is 2. The predicted molar refractivity (Wildman–Crippen MR) is 121 cm³/mol. The summed E-state index contributed by atoms with van der Waals surface area (Å²) in [5, 5.41) is 2.58. The second-order valence-corrected chi connectivity index (χ2v) is 9.45. The molecule has 6 nitrogen and oxygen atoms in total. The Morgan fingerprint density at radius 1 is 1.00 bits per heavy atom. The topological polar surface area (TPSA) is 88.5 Å². The first-order chi connectivity index (χ1) is 15.9. The van der Waals surface area contributed by atoms with Gasteiger partial charge in [0.15, 0.2) is 0 Å². The van der Waals surface area contributed by atoms with Crippen molar-refractivity contribution in [3.05, 3.63) is 89.2 Å². The zero-order valence-electron chi connectivity index (χ0n) is 18.0. The van der Waals surface area contributed by atoms with Crippen molar-refractivity contribution in [3.8, 4) is 11.8 Å². The number of amides is 2. The minimum atomic E-state index is -4.43. The van der Waals surface area contributed by atoms with Crippen LogP contribution in [0.5, 0.6) is 0 Å². The van der Waals surface area contributed by atoms with Gasteiger partial charge in [0.2, 0.25) is 5.91 Å². The molecule has 174 valence electrons. The van der Waals surface area contributed by atoms with Gasteiger partial charge >= 0.3 is 6.18 Å². The average molecular weight is 485 g/mol. The molecule has 2 aromatic carbocycles. The van der Waals surface area contributed by atoms with Crippen LogP contribution in [0.25, 0.3) is 0 Å². The molecule has 34 heavy (non-hydrogen) atoms. The lowest BCUT2D eigenvalue weighted by Gasteiger charge is -2.07. The van der Waals surface area contributed by atoms with Crippen molar-refractivity contribution < 1.29 is 27.0 Å². The number of halogens is 3. The van der Waals surface area contributed by atoms with E-state index in [0.717, 1.165) is 12.1 Å². The summed E-state index contributed by atoms with van der Waals surface area (Å²) >= 11 is 0. The Kier molecular flexibility index (Phi) is 7.17. The molecule has 10 heteroatoms. The molecule has 0 spiro atoms. The molecular formula is C24H18F3N3O3S. The zero-order chi connectivity index (χ0) is 24.9. The Hall–Kier alpha value is -3.97. The van der Waals surface area contributed by atoms with Gasteiger partial charge in [0.05, 0.1) is 20.9 Å². The third kappa shape index (κ3) is 6.52. The minimum Gasteiger partial charge on any atom is -0.326 e. The monoisotopic (exact) mass is 485 g/mol.